The molecule has 0 atom stereocenters. The lowest BCUT2D eigenvalue weighted by Gasteiger charge is -2.28. The second-order valence-electron chi connectivity index (χ2n) is 5.68. The second kappa shape index (κ2) is 5.35. The molecule has 1 aliphatic rings. The first-order valence-electron chi connectivity index (χ1n) is 6.82. The first-order valence-corrected chi connectivity index (χ1v) is 8.30. The van der Waals surface area contributed by atoms with Gasteiger partial charge in [0.15, 0.2) is 0 Å². The average molecular weight is 298 g/mol. The van der Waals surface area contributed by atoms with Crippen LogP contribution in [0.25, 0.3) is 0 Å². The van der Waals surface area contributed by atoms with Crippen LogP contribution < -0.4 is 10.5 Å². The van der Waals surface area contributed by atoms with Crippen molar-refractivity contribution in [2.75, 3.05) is 12.3 Å². The Bertz CT molecular complexity index is 605. The SMILES string of the molecule is Cc1ccc(N)c(C)c1S(=O)(=O)NC1(CO)CCCC1. The minimum atomic E-state index is -3.69. The minimum absolute atomic E-state index is 0.174. The second-order valence-corrected chi connectivity index (χ2v) is 7.30. The third-order valence-electron chi connectivity index (χ3n) is 4.13. The summed E-state index contributed by atoms with van der Waals surface area (Å²) < 4.78 is 28.0. The molecule has 5 nitrogen and oxygen atoms in total. The monoisotopic (exact) mass is 298 g/mol. The van der Waals surface area contributed by atoms with Gasteiger partial charge in [-0.1, -0.05) is 18.9 Å². The zero-order chi connectivity index (χ0) is 15.0. The summed E-state index contributed by atoms with van der Waals surface area (Å²) in [5, 5.41) is 9.57. The van der Waals surface area contributed by atoms with Crippen molar-refractivity contribution in [2.45, 2.75) is 50.0 Å². The summed E-state index contributed by atoms with van der Waals surface area (Å²) in [5.41, 5.74) is 6.78. The van der Waals surface area contributed by atoms with Gasteiger partial charge in [-0.25, -0.2) is 13.1 Å². The number of aryl methyl sites for hydroxylation is 1. The number of aliphatic hydroxyl groups is 1. The molecule has 0 amide bonds. The molecule has 0 heterocycles. The molecule has 4 N–H and O–H groups in total. The van der Waals surface area contributed by atoms with Crippen LogP contribution in [-0.4, -0.2) is 25.7 Å². The summed E-state index contributed by atoms with van der Waals surface area (Å²) in [6.45, 7) is 3.28. The molecule has 1 aromatic rings. The van der Waals surface area contributed by atoms with Crippen molar-refractivity contribution in [1.29, 1.82) is 0 Å². The number of nitrogens with one attached hydrogen (secondary N) is 1. The topological polar surface area (TPSA) is 92.4 Å². The average Bonchev–Trinajstić information content (AvgIpc) is 2.82. The van der Waals surface area contributed by atoms with E-state index in [1.807, 2.05) is 0 Å². The summed E-state index contributed by atoms with van der Waals surface area (Å²) in [6.07, 6.45) is 3.20. The largest absolute Gasteiger partial charge is 0.398 e. The van der Waals surface area contributed by atoms with Gasteiger partial charge in [-0.3, -0.25) is 0 Å². The van der Waals surface area contributed by atoms with Gasteiger partial charge < -0.3 is 10.8 Å². The first kappa shape index (κ1) is 15.3. The highest BCUT2D eigenvalue weighted by Crippen LogP contribution is 2.32. The van der Waals surface area contributed by atoms with E-state index in [4.69, 9.17) is 5.73 Å². The smallest absolute Gasteiger partial charge is 0.241 e. The molecule has 0 aromatic heterocycles. The van der Waals surface area contributed by atoms with E-state index in [1.165, 1.54) is 0 Å². The van der Waals surface area contributed by atoms with E-state index in [1.54, 1.807) is 26.0 Å². The lowest BCUT2D eigenvalue weighted by atomic mass is 10.0. The Morgan fingerprint density at radius 1 is 1.30 bits per heavy atom. The molecule has 1 fully saturated rings. The molecule has 6 heteroatoms. The van der Waals surface area contributed by atoms with E-state index in [0.717, 1.165) is 12.8 Å². The van der Waals surface area contributed by atoms with Crippen LogP contribution in [0.2, 0.25) is 0 Å². The highest BCUT2D eigenvalue weighted by Gasteiger charge is 2.38. The normalized spacial score (nSPS) is 18.4. The molecule has 1 aliphatic carbocycles. The standard InChI is InChI=1S/C14H22N2O3S/c1-10-5-6-12(15)11(2)13(10)20(18,19)16-14(9-17)7-3-4-8-14/h5-6,16-17H,3-4,7-9,15H2,1-2H3. The molecule has 0 saturated heterocycles. The van der Waals surface area contributed by atoms with Crippen LogP contribution in [0.1, 0.15) is 36.8 Å². The van der Waals surface area contributed by atoms with E-state index >= 15 is 0 Å². The lowest BCUT2D eigenvalue weighted by Crippen LogP contribution is -2.49. The van der Waals surface area contributed by atoms with E-state index < -0.39 is 15.6 Å². The van der Waals surface area contributed by atoms with Gasteiger partial charge in [0.2, 0.25) is 10.0 Å². The van der Waals surface area contributed by atoms with E-state index in [-0.39, 0.29) is 11.5 Å². The fourth-order valence-electron chi connectivity index (χ4n) is 2.94. The van der Waals surface area contributed by atoms with E-state index in [9.17, 15) is 13.5 Å². The van der Waals surface area contributed by atoms with Gasteiger partial charge in [-0.05, 0) is 43.9 Å². The maximum absolute atomic E-state index is 12.7. The molecule has 0 bridgehead atoms. The fourth-order valence-corrected chi connectivity index (χ4v) is 4.89. The van der Waals surface area contributed by atoms with Gasteiger partial charge in [0.25, 0.3) is 0 Å². The summed E-state index contributed by atoms with van der Waals surface area (Å²) >= 11 is 0. The molecule has 0 radical (unpaired) electrons. The van der Waals surface area contributed by atoms with Crippen molar-refractivity contribution in [3.05, 3.63) is 23.3 Å². The van der Waals surface area contributed by atoms with Crippen LogP contribution in [0, 0.1) is 13.8 Å². The number of nitrogens with two attached hydrogens (primary N) is 1. The number of hydrogen-bond donors (Lipinski definition) is 3. The molecule has 2 rings (SSSR count). The van der Waals surface area contributed by atoms with Crippen molar-refractivity contribution in [2.24, 2.45) is 0 Å². The van der Waals surface area contributed by atoms with Crippen molar-refractivity contribution < 1.29 is 13.5 Å². The summed E-state index contributed by atoms with van der Waals surface area (Å²) in [4.78, 5) is 0.234. The first-order chi connectivity index (χ1) is 9.31. The Kier molecular flexibility index (Phi) is 4.09. The van der Waals surface area contributed by atoms with Gasteiger partial charge in [0.1, 0.15) is 0 Å². The van der Waals surface area contributed by atoms with Gasteiger partial charge >= 0.3 is 0 Å². The molecule has 112 valence electrons. The Labute approximate surface area is 120 Å². The molecule has 0 unspecified atom stereocenters. The fraction of sp³-hybridized carbons (Fsp3) is 0.571. The Hall–Kier alpha value is -1.11. The predicted molar refractivity (Wildman–Crippen MR) is 78.9 cm³/mol. The van der Waals surface area contributed by atoms with Gasteiger partial charge in [-0.15, -0.1) is 0 Å². The van der Waals surface area contributed by atoms with Crippen LogP contribution >= 0.6 is 0 Å². The van der Waals surface area contributed by atoms with Crippen LogP contribution in [0.15, 0.2) is 17.0 Å². The number of anilines is 1. The Balaban J connectivity index is 2.43. The van der Waals surface area contributed by atoms with Gasteiger partial charge in [-0.2, -0.15) is 0 Å². The maximum Gasteiger partial charge on any atom is 0.241 e. The molecule has 1 saturated carbocycles. The third-order valence-corrected chi connectivity index (χ3v) is 5.99. The van der Waals surface area contributed by atoms with Crippen LogP contribution in [0.5, 0.6) is 0 Å². The summed E-state index contributed by atoms with van der Waals surface area (Å²) in [7, 11) is -3.69. The van der Waals surface area contributed by atoms with Crippen molar-refractivity contribution >= 4 is 15.7 Å². The van der Waals surface area contributed by atoms with Crippen molar-refractivity contribution in [1.82, 2.24) is 4.72 Å². The quantitative estimate of drug-likeness (QED) is 0.734. The highest BCUT2D eigenvalue weighted by atomic mass is 32.2. The summed E-state index contributed by atoms with van der Waals surface area (Å²) in [5.74, 6) is 0. The van der Waals surface area contributed by atoms with E-state index in [2.05, 4.69) is 4.72 Å². The molecular weight excluding hydrogens is 276 g/mol. The Morgan fingerprint density at radius 3 is 2.45 bits per heavy atom. The van der Waals surface area contributed by atoms with Gasteiger partial charge in [0, 0.05) is 5.69 Å². The van der Waals surface area contributed by atoms with Crippen molar-refractivity contribution in [3.63, 3.8) is 0 Å². The van der Waals surface area contributed by atoms with Crippen molar-refractivity contribution in [3.8, 4) is 0 Å². The number of hydrogen-bond acceptors (Lipinski definition) is 4. The van der Waals surface area contributed by atoms with Crippen LogP contribution in [-0.2, 0) is 10.0 Å². The minimum Gasteiger partial charge on any atom is -0.398 e. The number of benzene rings is 1. The zero-order valence-corrected chi connectivity index (χ0v) is 12.8. The zero-order valence-electron chi connectivity index (χ0n) is 11.9. The van der Waals surface area contributed by atoms with Crippen LogP contribution in [0.3, 0.4) is 0 Å². The predicted octanol–water partition coefficient (Wildman–Crippen LogP) is 1.47. The molecule has 1 aromatic carbocycles. The van der Waals surface area contributed by atoms with Gasteiger partial charge in [0.05, 0.1) is 17.0 Å². The number of aliphatic hydroxyl groups excluding tert-OH is 1. The van der Waals surface area contributed by atoms with E-state index in [0.29, 0.717) is 29.7 Å². The number of nitrogen functional groups attached to an aromatic ring is 1. The molecule has 20 heavy (non-hydrogen) atoms. The highest BCUT2D eigenvalue weighted by molar-refractivity contribution is 7.89. The third kappa shape index (κ3) is 2.68. The number of sulfonamides is 1. The lowest BCUT2D eigenvalue weighted by molar-refractivity contribution is 0.185. The summed E-state index contributed by atoms with van der Waals surface area (Å²) in [6, 6.07) is 3.41. The number of rotatable bonds is 4. The molecule has 0 spiro atoms. The Morgan fingerprint density at radius 2 is 1.90 bits per heavy atom. The molecular formula is C14H22N2O3S. The van der Waals surface area contributed by atoms with Crippen LogP contribution in [0.4, 0.5) is 5.69 Å². The molecule has 0 aliphatic heterocycles. The maximum atomic E-state index is 12.7.